The average Bonchev–Trinajstić information content (AvgIpc) is 3.21. The van der Waals surface area contributed by atoms with Gasteiger partial charge in [-0.1, -0.05) is 117 Å². The van der Waals surface area contributed by atoms with E-state index in [-0.39, 0.29) is 50.8 Å². The number of carbonyl (C=O) groups excluding carboxylic acids is 1. The number of para-hydroxylation sites is 2. The molecule has 8 heteroatoms. The molecule has 4 aromatic rings. The number of rotatable bonds is 11. The standard InChI is InChI=1S/C23H29NO.C12H17NO.C11H12O.CN.CH4.B.Na/c1-3-10-21(11-4-1)23(14-8-15-23)19-24-16-7-9-20(17-24)18-25-22-12-5-2-6-13-22;1-2-6-12(7-3-1)14-10-11-5-4-8-13-9-11;12-9-11(7-4-8-11)10-5-2-1-3-6-10;1-2;;;/h1-6,10-13,20H,7-9,14-19H2;1-3,6-7,11,13H,4-5,8-10H2;1-3,5-6,9H,4,7-8H2;;1H4;;/q;;;-1;;;+1. The number of ether oxygens (including phenoxy) is 2. The van der Waals surface area contributed by atoms with Crippen molar-refractivity contribution in [3.05, 3.63) is 139 Å². The molecule has 4 aromatic carbocycles. The van der Waals surface area contributed by atoms with E-state index in [0.29, 0.717) is 17.3 Å². The molecule has 291 valence electrons. The van der Waals surface area contributed by atoms with Crippen LogP contribution in [0.15, 0.2) is 121 Å². The fourth-order valence-electron chi connectivity index (χ4n) is 8.12. The molecule has 0 aromatic heterocycles. The smallest absolute Gasteiger partial charge is 0.512 e. The molecule has 56 heavy (non-hydrogen) atoms. The van der Waals surface area contributed by atoms with E-state index in [1.54, 1.807) is 5.56 Å². The molecule has 2 saturated carbocycles. The van der Waals surface area contributed by atoms with Gasteiger partial charge in [-0.25, -0.2) is 0 Å². The monoisotopic (exact) mass is 762 g/mol. The molecule has 2 heterocycles. The molecule has 0 amide bonds. The molecule has 2 unspecified atom stereocenters. The van der Waals surface area contributed by atoms with Crippen LogP contribution in [0.25, 0.3) is 0 Å². The maximum Gasteiger partial charge on any atom is 1.00 e. The van der Waals surface area contributed by atoms with Crippen molar-refractivity contribution in [2.24, 2.45) is 11.8 Å². The number of aldehydes is 1. The number of carbonyl (C=O) groups is 1. The number of likely N-dealkylation sites (tertiary alicyclic amines) is 1. The second-order valence-electron chi connectivity index (χ2n) is 15.2. The van der Waals surface area contributed by atoms with Crippen LogP contribution in [0.5, 0.6) is 11.5 Å². The molecule has 0 spiro atoms. The van der Waals surface area contributed by atoms with Crippen molar-refractivity contribution in [3.63, 3.8) is 0 Å². The second-order valence-corrected chi connectivity index (χ2v) is 15.2. The van der Waals surface area contributed by atoms with Crippen molar-refractivity contribution in [1.29, 1.82) is 5.26 Å². The van der Waals surface area contributed by atoms with E-state index in [1.807, 2.05) is 78.9 Å². The van der Waals surface area contributed by atoms with E-state index < -0.39 is 0 Å². The molecule has 0 bridgehead atoms. The number of benzene rings is 4. The van der Waals surface area contributed by atoms with Gasteiger partial charge in [-0.2, -0.15) is 0 Å². The minimum absolute atomic E-state index is 0. The number of hydrogen-bond acceptors (Lipinski definition) is 6. The van der Waals surface area contributed by atoms with E-state index in [1.165, 1.54) is 83.1 Å². The maximum absolute atomic E-state index is 10.9. The summed E-state index contributed by atoms with van der Waals surface area (Å²) in [6, 6.07) is 41.6. The molecule has 2 aliphatic heterocycles. The van der Waals surface area contributed by atoms with Crippen molar-refractivity contribution >= 4 is 14.7 Å². The fourth-order valence-corrected chi connectivity index (χ4v) is 8.12. The summed E-state index contributed by atoms with van der Waals surface area (Å²) < 4.78 is 11.7. The van der Waals surface area contributed by atoms with Gasteiger partial charge in [0.2, 0.25) is 0 Å². The van der Waals surface area contributed by atoms with Gasteiger partial charge in [0.25, 0.3) is 0 Å². The van der Waals surface area contributed by atoms with Crippen LogP contribution < -0.4 is 44.3 Å². The predicted octanol–water partition coefficient (Wildman–Crippen LogP) is 6.63. The predicted molar refractivity (Wildman–Crippen MR) is 226 cm³/mol. The van der Waals surface area contributed by atoms with Gasteiger partial charge in [0.15, 0.2) is 0 Å². The first kappa shape index (κ1) is 48.8. The van der Waals surface area contributed by atoms with E-state index in [9.17, 15) is 4.79 Å². The first-order valence-electron chi connectivity index (χ1n) is 19.7. The third-order valence-electron chi connectivity index (χ3n) is 11.5. The minimum atomic E-state index is -0.124. The first-order valence-corrected chi connectivity index (χ1v) is 19.7. The Kier molecular flexibility index (Phi) is 23.1. The molecule has 1 N–H and O–H groups in total. The topological polar surface area (TPSA) is 74.6 Å². The molecular formula is C48H62BN3NaO3. The van der Waals surface area contributed by atoms with Crippen molar-refractivity contribution < 1.29 is 43.8 Å². The van der Waals surface area contributed by atoms with E-state index in [2.05, 4.69) is 52.7 Å². The number of nitrogens with one attached hydrogen (secondary N) is 1. The van der Waals surface area contributed by atoms with Gasteiger partial charge >= 0.3 is 29.6 Å². The summed E-state index contributed by atoms with van der Waals surface area (Å²) in [7, 11) is 0. The molecule has 8 rings (SSSR count). The van der Waals surface area contributed by atoms with Crippen LogP contribution in [0.3, 0.4) is 0 Å². The molecule has 2 atom stereocenters. The summed E-state index contributed by atoms with van der Waals surface area (Å²) in [5.41, 5.74) is 3.01. The summed E-state index contributed by atoms with van der Waals surface area (Å²) >= 11 is 0. The molecule has 4 fully saturated rings. The van der Waals surface area contributed by atoms with Gasteiger partial charge in [0, 0.05) is 45.3 Å². The second kappa shape index (κ2) is 26.5. The number of nitrogens with zero attached hydrogens (tertiary/aromatic N) is 2. The molecule has 6 nitrogen and oxygen atoms in total. The zero-order valence-corrected chi connectivity index (χ0v) is 35.0. The Morgan fingerprint density at radius 1 is 0.679 bits per heavy atom. The summed E-state index contributed by atoms with van der Waals surface area (Å²) in [6.07, 6.45) is 13.6. The Balaban J connectivity index is 0.000000299. The zero-order valence-electron chi connectivity index (χ0n) is 33.0. The van der Waals surface area contributed by atoms with E-state index in [4.69, 9.17) is 21.3 Å². The van der Waals surface area contributed by atoms with Crippen molar-refractivity contribution in [1.82, 2.24) is 10.2 Å². The maximum atomic E-state index is 10.9. The minimum Gasteiger partial charge on any atom is -0.512 e. The molecule has 3 radical (unpaired) electrons. The third kappa shape index (κ3) is 14.5. The van der Waals surface area contributed by atoms with E-state index in [0.717, 1.165) is 50.4 Å². The Morgan fingerprint density at radius 2 is 1.16 bits per heavy atom. The largest absolute Gasteiger partial charge is 1.00 e. The van der Waals surface area contributed by atoms with Crippen LogP contribution in [-0.4, -0.2) is 65.5 Å². The van der Waals surface area contributed by atoms with Gasteiger partial charge in [-0.05, 0) is 99.8 Å². The first-order chi connectivity index (χ1) is 26.2. The van der Waals surface area contributed by atoms with Crippen LogP contribution in [0, 0.1) is 23.7 Å². The van der Waals surface area contributed by atoms with Crippen LogP contribution >= 0.6 is 0 Å². The SMILES string of the molecule is C.O=CC1(c2ccccc2)CCC1.[B].[C-]#N.[Na+].c1ccc(OCC2CCCN(CC3(c4ccccc4)CCC3)C2)cc1.c1ccc(OCC2CCCNC2)cc1. The Bertz CT molecular complexity index is 1600. The van der Waals surface area contributed by atoms with Gasteiger partial charge in [0.05, 0.1) is 18.6 Å². The molecule has 4 aliphatic rings. The van der Waals surface area contributed by atoms with Crippen LogP contribution in [0.2, 0.25) is 0 Å². The normalized spacial score (nSPS) is 20.0. The fraction of sp³-hybridized carbons (Fsp3) is 0.458. The summed E-state index contributed by atoms with van der Waals surface area (Å²) in [5.74, 6) is 3.32. The Hall–Kier alpha value is -3.38. The van der Waals surface area contributed by atoms with Crippen molar-refractivity contribution in [3.8, 4) is 11.5 Å². The summed E-state index contributed by atoms with van der Waals surface area (Å²) in [4.78, 5) is 13.6. The van der Waals surface area contributed by atoms with Gasteiger partial charge in [-0.15, -0.1) is 0 Å². The van der Waals surface area contributed by atoms with Crippen molar-refractivity contribution in [2.75, 3.05) is 45.9 Å². The van der Waals surface area contributed by atoms with Gasteiger partial charge in [-0.3, -0.25) is 0 Å². The van der Waals surface area contributed by atoms with Crippen LogP contribution in [0.1, 0.15) is 82.8 Å². The summed E-state index contributed by atoms with van der Waals surface area (Å²) in [6.45, 7) is 12.4. The Labute approximate surface area is 362 Å². The zero-order chi connectivity index (χ0) is 37.0. The van der Waals surface area contributed by atoms with Gasteiger partial charge < -0.3 is 36.3 Å². The molecular weight excluding hydrogens is 700 g/mol. The summed E-state index contributed by atoms with van der Waals surface area (Å²) in [5, 5.41) is 9.64. The van der Waals surface area contributed by atoms with E-state index >= 15 is 0 Å². The molecule has 2 saturated heterocycles. The van der Waals surface area contributed by atoms with Crippen LogP contribution in [-0.2, 0) is 15.6 Å². The number of piperidine rings is 2. The van der Waals surface area contributed by atoms with Crippen molar-refractivity contribution in [2.45, 2.75) is 82.5 Å². The average molecular weight is 763 g/mol. The third-order valence-corrected chi connectivity index (χ3v) is 11.5. The number of hydrogen-bond donors (Lipinski definition) is 1. The quantitative estimate of drug-likeness (QED) is 0.105. The molecule has 2 aliphatic carbocycles. The van der Waals surface area contributed by atoms with Gasteiger partial charge in [0.1, 0.15) is 17.8 Å². The Morgan fingerprint density at radius 3 is 1.61 bits per heavy atom. The van der Waals surface area contributed by atoms with Crippen LogP contribution in [0.4, 0.5) is 0 Å².